The molecule has 5 nitrogen and oxygen atoms in total. The standard InChI is InChI=1S/C18H24N4OS/c1-12-4-5-16(13(2)10-12)19-17(23)11-22-8-6-15(7-9-22)18-21-20-14(3)24-18/h4-5,10,15H,6-9,11H2,1-3H3,(H,19,23). The lowest BCUT2D eigenvalue weighted by Crippen LogP contribution is -2.38. The van der Waals surface area contributed by atoms with Crippen LogP contribution in [0.25, 0.3) is 0 Å². The van der Waals surface area contributed by atoms with Crippen LogP contribution in [-0.2, 0) is 4.79 Å². The zero-order chi connectivity index (χ0) is 17.1. The largest absolute Gasteiger partial charge is 0.325 e. The molecule has 1 aliphatic rings. The first-order valence-corrected chi connectivity index (χ1v) is 9.22. The summed E-state index contributed by atoms with van der Waals surface area (Å²) in [6.45, 7) is 8.40. The van der Waals surface area contributed by atoms with Crippen LogP contribution in [0.15, 0.2) is 18.2 Å². The lowest BCUT2D eigenvalue weighted by Gasteiger charge is -2.30. The van der Waals surface area contributed by atoms with E-state index in [1.54, 1.807) is 11.3 Å². The van der Waals surface area contributed by atoms with E-state index in [4.69, 9.17) is 0 Å². The molecule has 0 unspecified atom stereocenters. The number of carbonyl (C=O) groups excluding carboxylic acids is 1. The maximum Gasteiger partial charge on any atom is 0.238 e. The van der Waals surface area contributed by atoms with Crippen LogP contribution in [-0.4, -0.2) is 40.6 Å². The minimum atomic E-state index is 0.0622. The topological polar surface area (TPSA) is 58.1 Å². The highest BCUT2D eigenvalue weighted by atomic mass is 32.1. The van der Waals surface area contributed by atoms with Crippen LogP contribution in [0.5, 0.6) is 0 Å². The number of amides is 1. The van der Waals surface area contributed by atoms with Gasteiger partial charge in [0, 0.05) is 11.6 Å². The third kappa shape index (κ3) is 4.19. The lowest BCUT2D eigenvalue weighted by molar-refractivity contribution is -0.117. The molecule has 1 N–H and O–H groups in total. The molecule has 1 aliphatic heterocycles. The van der Waals surface area contributed by atoms with Crippen LogP contribution in [0.4, 0.5) is 5.69 Å². The van der Waals surface area contributed by atoms with Crippen LogP contribution in [0.1, 0.15) is 39.9 Å². The highest BCUT2D eigenvalue weighted by Crippen LogP contribution is 2.29. The van der Waals surface area contributed by atoms with E-state index in [1.165, 1.54) is 5.56 Å². The van der Waals surface area contributed by atoms with Gasteiger partial charge in [-0.2, -0.15) is 0 Å². The average molecular weight is 344 g/mol. The van der Waals surface area contributed by atoms with Crippen LogP contribution in [0, 0.1) is 20.8 Å². The number of nitrogens with one attached hydrogen (secondary N) is 1. The number of hydrogen-bond acceptors (Lipinski definition) is 5. The fraction of sp³-hybridized carbons (Fsp3) is 0.500. The predicted octanol–water partition coefficient (Wildman–Crippen LogP) is 3.28. The number of aromatic nitrogens is 2. The summed E-state index contributed by atoms with van der Waals surface area (Å²) in [6.07, 6.45) is 2.09. The Morgan fingerprint density at radius 1 is 1.25 bits per heavy atom. The third-order valence-electron chi connectivity index (χ3n) is 4.50. The Balaban J connectivity index is 1.49. The van der Waals surface area contributed by atoms with Crippen molar-refractivity contribution in [1.82, 2.24) is 15.1 Å². The fourth-order valence-electron chi connectivity index (χ4n) is 3.16. The van der Waals surface area contributed by atoms with Crippen molar-refractivity contribution >= 4 is 22.9 Å². The van der Waals surface area contributed by atoms with Gasteiger partial charge in [-0.05, 0) is 58.3 Å². The maximum absolute atomic E-state index is 12.3. The van der Waals surface area contributed by atoms with E-state index >= 15 is 0 Å². The number of anilines is 1. The highest BCUT2D eigenvalue weighted by Gasteiger charge is 2.24. The summed E-state index contributed by atoms with van der Waals surface area (Å²) in [5, 5.41) is 13.6. The van der Waals surface area contributed by atoms with Crippen molar-refractivity contribution in [1.29, 1.82) is 0 Å². The average Bonchev–Trinajstić information content (AvgIpc) is 2.97. The van der Waals surface area contributed by atoms with Crippen LogP contribution >= 0.6 is 11.3 Å². The van der Waals surface area contributed by atoms with E-state index in [0.29, 0.717) is 12.5 Å². The van der Waals surface area contributed by atoms with Crippen molar-refractivity contribution in [2.24, 2.45) is 0 Å². The smallest absolute Gasteiger partial charge is 0.238 e. The Morgan fingerprint density at radius 2 is 2.00 bits per heavy atom. The zero-order valence-corrected chi connectivity index (χ0v) is 15.3. The van der Waals surface area contributed by atoms with Gasteiger partial charge < -0.3 is 5.32 Å². The normalized spacial score (nSPS) is 16.3. The van der Waals surface area contributed by atoms with Crippen molar-refractivity contribution in [2.75, 3.05) is 25.0 Å². The molecule has 0 aliphatic carbocycles. The summed E-state index contributed by atoms with van der Waals surface area (Å²) < 4.78 is 0. The number of hydrogen-bond donors (Lipinski definition) is 1. The summed E-state index contributed by atoms with van der Waals surface area (Å²) in [7, 11) is 0. The van der Waals surface area contributed by atoms with Gasteiger partial charge in [-0.15, -0.1) is 21.5 Å². The predicted molar refractivity (Wildman–Crippen MR) is 97.6 cm³/mol. The first-order valence-electron chi connectivity index (χ1n) is 8.41. The molecular formula is C18H24N4OS. The van der Waals surface area contributed by atoms with E-state index in [2.05, 4.69) is 33.4 Å². The van der Waals surface area contributed by atoms with E-state index < -0.39 is 0 Å². The summed E-state index contributed by atoms with van der Waals surface area (Å²) in [6, 6.07) is 6.09. The molecule has 0 radical (unpaired) electrons. The minimum absolute atomic E-state index is 0.0622. The second-order valence-corrected chi connectivity index (χ2v) is 7.79. The molecular weight excluding hydrogens is 320 g/mol. The highest BCUT2D eigenvalue weighted by molar-refractivity contribution is 7.11. The molecule has 6 heteroatoms. The van der Waals surface area contributed by atoms with E-state index in [9.17, 15) is 4.79 Å². The SMILES string of the molecule is Cc1ccc(NC(=O)CN2CCC(c3nnc(C)s3)CC2)c(C)c1. The fourth-order valence-corrected chi connectivity index (χ4v) is 4.03. The monoisotopic (exact) mass is 344 g/mol. The Hall–Kier alpha value is -1.79. The molecule has 0 bridgehead atoms. The molecule has 1 aromatic carbocycles. The van der Waals surface area contributed by atoms with Crippen molar-refractivity contribution < 1.29 is 4.79 Å². The summed E-state index contributed by atoms with van der Waals surface area (Å²) >= 11 is 1.69. The van der Waals surface area contributed by atoms with Crippen molar-refractivity contribution in [2.45, 2.75) is 39.5 Å². The molecule has 128 valence electrons. The van der Waals surface area contributed by atoms with Gasteiger partial charge in [-0.1, -0.05) is 17.7 Å². The number of nitrogens with zero attached hydrogens (tertiary/aromatic N) is 3. The van der Waals surface area contributed by atoms with Gasteiger partial charge in [0.2, 0.25) is 5.91 Å². The molecule has 0 spiro atoms. The van der Waals surface area contributed by atoms with Crippen molar-refractivity contribution in [3.8, 4) is 0 Å². The molecule has 0 atom stereocenters. The maximum atomic E-state index is 12.3. The number of piperidine rings is 1. The van der Waals surface area contributed by atoms with Gasteiger partial charge in [0.05, 0.1) is 6.54 Å². The number of rotatable bonds is 4. The molecule has 1 fully saturated rings. The summed E-state index contributed by atoms with van der Waals surface area (Å²) in [4.78, 5) is 14.5. The van der Waals surface area contributed by atoms with E-state index in [-0.39, 0.29) is 5.91 Å². The molecule has 24 heavy (non-hydrogen) atoms. The van der Waals surface area contributed by atoms with Gasteiger partial charge in [-0.3, -0.25) is 9.69 Å². The summed E-state index contributed by atoms with van der Waals surface area (Å²) in [5.74, 6) is 0.557. The second kappa shape index (κ2) is 7.40. The van der Waals surface area contributed by atoms with Crippen LogP contribution < -0.4 is 5.32 Å². The zero-order valence-electron chi connectivity index (χ0n) is 14.5. The van der Waals surface area contributed by atoms with Crippen molar-refractivity contribution in [3.05, 3.63) is 39.3 Å². The lowest BCUT2D eigenvalue weighted by atomic mass is 9.98. The molecule has 0 saturated carbocycles. The number of benzene rings is 1. The van der Waals surface area contributed by atoms with Gasteiger partial charge in [-0.25, -0.2) is 0 Å². The first kappa shape index (κ1) is 17.0. The van der Waals surface area contributed by atoms with Crippen molar-refractivity contribution in [3.63, 3.8) is 0 Å². The quantitative estimate of drug-likeness (QED) is 0.925. The van der Waals surface area contributed by atoms with E-state index in [0.717, 1.165) is 47.2 Å². The third-order valence-corrected chi connectivity index (χ3v) is 5.50. The number of carbonyl (C=O) groups is 1. The molecule has 2 heterocycles. The first-order chi connectivity index (χ1) is 11.5. The van der Waals surface area contributed by atoms with E-state index in [1.807, 2.05) is 26.0 Å². The molecule has 3 rings (SSSR count). The molecule has 1 aromatic heterocycles. The van der Waals surface area contributed by atoms with Crippen LogP contribution in [0.2, 0.25) is 0 Å². The Bertz CT molecular complexity index is 720. The Morgan fingerprint density at radius 3 is 2.62 bits per heavy atom. The molecule has 1 saturated heterocycles. The second-order valence-electron chi connectivity index (χ2n) is 6.58. The summed E-state index contributed by atoms with van der Waals surface area (Å²) in [5.41, 5.74) is 3.22. The van der Waals surface area contributed by atoms with Crippen LogP contribution in [0.3, 0.4) is 0 Å². The van der Waals surface area contributed by atoms with Gasteiger partial charge >= 0.3 is 0 Å². The van der Waals surface area contributed by atoms with Gasteiger partial charge in [0.1, 0.15) is 10.0 Å². The number of aryl methyl sites for hydroxylation is 3. The Labute approximate surface area is 147 Å². The van der Waals surface area contributed by atoms with Gasteiger partial charge in [0.25, 0.3) is 0 Å². The molecule has 1 amide bonds. The Kier molecular flexibility index (Phi) is 5.26. The molecule has 2 aromatic rings. The van der Waals surface area contributed by atoms with Gasteiger partial charge in [0.15, 0.2) is 0 Å². The minimum Gasteiger partial charge on any atom is -0.325 e. The number of likely N-dealkylation sites (tertiary alicyclic amines) is 1.